The van der Waals surface area contributed by atoms with Crippen LogP contribution in [0.5, 0.6) is 0 Å². The average molecular weight is 302 g/mol. The van der Waals surface area contributed by atoms with Crippen molar-refractivity contribution in [2.75, 3.05) is 0 Å². The fourth-order valence-electron chi connectivity index (χ4n) is 0.853. The summed E-state index contributed by atoms with van der Waals surface area (Å²) < 4.78 is 22.3. The largest absolute Gasteiger partial charge is 0.331 e. The highest BCUT2D eigenvalue weighted by Crippen LogP contribution is 2.27. The Morgan fingerprint density at radius 1 is 1.43 bits per heavy atom. The zero-order valence-corrected chi connectivity index (χ0v) is 11.1. The molecule has 80 valence electrons. The molecule has 1 aromatic heterocycles. The number of H-pyrrole nitrogens is 1. The number of aromatic amines is 1. The monoisotopic (exact) mass is 300 g/mol. The summed E-state index contributed by atoms with van der Waals surface area (Å²) in [4.78, 5) is 6.73. The van der Waals surface area contributed by atoms with Crippen molar-refractivity contribution >= 4 is 35.7 Å². The molecule has 0 fully saturated rings. The highest BCUT2D eigenvalue weighted by molar-refractivity contribution is 9.10. The van der Waals surface area contributed by atoms with Gasteiger partial charge >= 0.3 is 0 Å². The molecular formula is C7H10BrClN2O2S. The van der Waals surface area contributed by atoms with Crippen LogP contribution in [-0.4, -0.2) is 18.4 Å². The lowest BCUT2D eigenvalue weighted by atomic mass is 9.96. The lowest BCUT2D eigenvalue weighted by Gasteiger charge is -2.13. The molecule has 0 saturated heterocycles. The zero-order chi connectivity index (χ0) is 11.1. The van der Waals surface area contributed by atoms with Gasteiger partial charge in [-0.3, -0.25) is 0 Å². The van der Waals surface area contributed by atoms with Crippen molar-refractivity contribution in [3.8, 4) is 0 Å². The second kappa shape index (κ2) is 3.50. The minimum atomic E-state index is -3.77. The Kier molecular flexibility index (Phi) is 3.00. The first kappa shape index (κ1) is 12.0. The predicted octanol–water partition coefficient (Wildman–Crippen LogP) is 2.40. The van der Waals surface area contributed by atoms with Crippen molar-refractivity contribution in [1.29, 1.82) is 0 Å². The molecule has 0 amide bonds. The Bertz CT molecular complexity index is 447. The molecule has 0 radical (unpaired) electrons. The quantitative estimate of drug-likeness (QED) is 0.810. The highest BCUT2D eigenvalue weighted by atomic mass is 79.9. The highest BCUT2D eigenvalue weighted by Gasteiger charge is 2.25. The summed E-state index contributed by atoms with van der Waals surface area (Å²) in [5.74, 6) is 0.573. The summed E-state index contributed by atoms with van der Waals surface area (Å²) >= 11 is 3.04. The third-order valence-corrected chi connectivity index (χ3v) is 3.67. The van der Waals surface area contributed by atoms with Gasteiger partial charge in [0.05, 0.1) is 0 Å². The van der Waals surface area contributed by atoms with Gasteiger partial charge in [-0.25, -0.2) is 13.4 Å². The van der Waals surface area contributed by atoms with E-state index < -0.39 is 9.05 Å². The number of halogens is 2. The maximum absolute atomic E-state index is 11.1. The van der Waals surface area contributed by atoms with Crippen LogP contribution in [0.1, 0.15) is 26.6 Å². The minimum absolute atomic E-state index is 0.0934. The summed E-state index contributed by atoms with van der Waals surface area (Å²) in [6, 6.07) is 0. The lowest BCUT2D eigenvalue weighted by molar-refractivity contribution is 0.548. The molecule has 0 saturated carbocycles. The van der Waals surface area contributed by atoms with Crippen LogP contribution in [0, 0.1) is 0 Å². The number of nitrogens with one attached hydrogen (secondary N) is 1. The third-order valence-electron chi connectivity index (χ3n) is 1.58. The molecule has 0 bridgehead atoms. The summed E-state index contributed by atoms with van der Waals surface area (Å²) in [7, 11) is 1.43. The second-order valence-corrected chi connectivity index (χ2v) is 7.15. The normalized spacial score (nSPS) is 13.2. The molecule has 1 heterocycles. The van der Waals surface area contributed by atoms with Gasteiger partial charge in [0, 0.05) is 16.1 Å². The first-order chi connectivity index (χ1) is 6.12. The van der Waals surface area contributed by atoms with Gasteiger partial charge in [0.15, 0.2) is 5.03 Å². The van der Waals surface area contributed by atoms with E-state index in [1.165, 1.54) is 0 Å². The molecule has 4 nitrogen and oxygen atoms in total. The molecule has 1 aromatic rings. The van der Waals surface area contributed by atoms with Gasteiger partial charge in [0.2, 0.25) is 0 Å². The molecule has 1 rings (SSSR count). The van der Waals surface area contributed by atoms with E-state index in [1.54, 1.807) is 0 Å². The Morgan fingerprint density at radius 3 is 2.14 bits per heavy atom. The van der Waals surface area contributed by atoms with E-state index in [1.807, 2.05) is 20.8 Å². The number of hydrogen-bond acceptors (Lipinski definition) is 3. The van der Waals surface area contributed by atoms with Crippen LogP contribution in [0.4, 0.5) is 0 Å². The number of imidazole rings is 1. The Hall–Kier alpha value is -0.0700. The van der Waals surface area contributed by atoms with E-state index in [2.05, 4.69) is 25.9 Å². The number of nitrogens with zero attached hydrogens (tertiary/aromatic N) is 1. The van der Waals surface area contributed by atoms with Gasteiger partial charge in [-0.05, 0) is 15.9 Å². The molecule has 0 aliphatic carbocycles. The molecule has 0 aliphatic rings. The summed E-state index contributed by atoms with van der Waals surface area (Å²) in [6.45, 7) is 5.76. The number of aromatic nitrogens is 2. The van der Waals surface area contributed by atoms with Crippen LogP contribution >= 0.6 is 26.6 Å². The Morgan fingerprint density at radius 2 is 1.93 bits per heavy atom. The molecule has 0 unspecified atom stereocenters. The van der Waals surface area contributed by atoms with E-state index in [9.17, 15) is 8.42 Å². The molecule has 7 heteroatoms. The van der Waals surface area contributed by atoms with Crippen molar-refractivity contribution in [3.63, 3.8) is 0 Å². The zero-order valence-electron chi connectivity index (χ0n) is 7.93. The average Bonchev–Trinajstić information content (AvgIpc) is 2.27. The van der Waals surface area contributed by atoms with Crippen LogP contribution in [0.3, 0.4) is 0 Å². The van der Waals surface area contributed by atoms with Gasteiger partial charge < -0.3 is 4.98 Å². The van der Waals surface area contributed by atoms with Crippen LogP contribution in [0.15, 0.2) is 9.63 Å². The fourth-order valence-corrected chi connectivity index (χ4v) is 2.85. The predicted molar refractivity (Wildman–Crippen MR) is 58.0 cm³/mol. The van der Waals surface area contributed by atoms with Gasteiger partial charge in [0.25, 0.3) is 9.05 Å². The SMILES string of the molecule is CC(C)(C)c1nc(Br)c(S(=O)(=O)Cl)[nH]1. The van der Waals surface area contributed by atoms with Crippen LogP contribution in [-0.2, 0) is 14.5 Å². The molecule has 0 atom stereocenters. The lowest BCUT2D eigenvalue weighted by Crippen LogP contribution is -2.13. The van der Waals surface area contributed by atoms with E-state index in [4.69, 9.17) is 10.7 Å². The second-order valence-electron chi connectivity index (χ2n) is 3.89. The van der Waals surface area contributed by atoms with Crippen molar-refractivity contribution in [2.45, 2.75) is 31.2 Å². The number of hydrogen-bond donors (Lipinski definition) is 1. The summed E-state index contributed by atoms with van der Waals surface area (Å²) in [6.07, 6.45) is 0. The Labute approximate surface area is 95.6 Å². The molecule has 0 aromatic carbocycles. The van der Waals surface area contributed by atoms with Crippen LogP contribution in [0.2, 0.25) is 0 Å². The van der Waals surface area contributed by atoms with Crippen molar-refractivity contribution in [3.05, 3.63) is 10.4 Å². The van der Waals surface area contributed by atoms with Gasteiger partial charge in [-0.15, -0.1) is 0 Å². The third kappa shape index (κ3) is 2.49. The number of rotatable bonds is 1. The Balaban J connectivity index is 3.33. The standard InChI is InChI=1S/C7H10BrClN2O2S/c1-7(2,3)6-10-4(8)5(11-6)14(9,12)13/h1-3H3,(H,10,11). The summed E-state index contributed by atoms with van der Waals surface area (Å²) in [5.41, 5.74) is -0.248. The first-order valence-electron chi connectivity index (χ1n) is 3.83. The summed E-state index contributed by atoms with van der Waals surface area (Å²) in [5, 5.41) is -0.0934. The molecular weight excluding hydrogens is 292 g/mol. The maximum atomic E-state index is 11.1. The van der Waals surface area contributed by atoms with E-state index >= 15 is 0 Å². The molecule has 0 aliphatic heterocycles. The van der Waals surface area contributed by atoms with E-state index in [0.29, 0.717) is 5.82 Å². The van der Waals surface area contributed by atoms with E-state index in [-0.39, 0.29) is 15.0 Å². The van der Waals surface area contributed by atoms with Crippen molar-refractivity contribution in [1.82, 2.24) is 9.97 Å². The minimum Gasteiger partial charge on any atom is -0.331 e. The van der Waals surface area contributed by atoms with Gasteiger partial charge in [-0.2, -0.15) is 0 Å². The molecule has 14 heavy (non-hydrogen) atoms. The molecule has 0 spiro atoms. The van der Waals surface area contributed by atoms with Crippen molar-refractivity contribution in [2.24, 2.45) is 0 Å². The first-order valence-corrected chi connectivity index (χ1v) is 6.93. The fraction of sp³-hybridized carbons (Fsp3) is 0.571. The molecule has 1 N–H and O–H groups in total. The van der Waals surface area contributed by atoms with Gasteiger partial charge in [-0.1, -0.05) is 20.8 Å². The topological polar surface area (TPSA) is 62.8 Å². The van der Waals surface area contributed by atoms with Crippen LogP contribution in [0.25, 0.3) is 0 Å². The smallest absolute Gasteiger partial charge is 0.279 e. The van der Waals surface area contributed by atoms with Gasteiger partial charge in [0.1, 0.15) is 10.4 Å². The maximum Gasteiger partial charge on any atom is 0.279 e. The van der Waals surface area contributed by atoms with Crippen molar-refractivity contribution < 1.29 is 8.42 Å². The van der Waals surface area contributed by atoms with E-state index in [0.717, 1.165) is 0 Å². The van der Waals surface area contributed by atoms with Crippen LogP contribution < -0.4 is 0 Å².